The fourth-order valence-electron chi connectivity index (χ4n) is 2.39. The number of hydrogen-bond donors (Lipinski definition) is 2. The van der Waals surface area contributed by atoms with Crippen LogP contribution >= 0.6 is 0 Å². The van der Waals surface area contributed by atoms with Gasteiger partial charge in [0.05, 0.1) is 0 Å². The number of hydrogen-bond acceptors (Lipinski definition) is 3. The normalized spacial score (nSPS) is 20.1. The third kappa shape index (κ3) is 7.10. The molecule has 6 nitrogen and oxygen atoms in total. The molecule has 1 fully saturated rings. The van der Waals surface area contributed by atoms with E-state index in [2.05, 4.69) is 31.1 Å². The minimum Gasteiger partial charge on any atom is -0.444 e. The minimum absolute atomic E-state index is 0.0836. The molecule has 0 saturated carbocycles. The number of nitrogens with one attached hydrogen (secondary N) is 1. The predicted octanol–water partition coefficient (Wildman–Crippen LogP) is 2.73. The monoisotopic (exact) mass is 326 g/mol. The van der Waals surface area contributed by atoms with Crippen LogP contribution in [-0.4, -0.2) is 48.2 Å². The van der Waals surface area contributed by atoms with Crippen molar-refractivity contribution in [3.05, 3.63) is 0 Å². The molecular weight excluding hydrogens is 292 g/mol. The SMILES string of the molecule is CCC(C)NC(N)=NCC1(C)CCN(C(=O)OC(C)(C)C)CC1. The number of rotatable bonds is 4. The molecule has 1 amide bonds. The predicted molar refractivity (Wildman–Crippen MR) is 94.5 cm³/mol. The van der Waals surface area contributed by atoms with Crippen LogP contribution in [0, 0.1) is 5.41 Å². The number of amides is 1. The average Bonchev–Trinajstić information content (AvgIpc) is 2.44. The van der Waals surface area contributed by atoms with Gasteiger partial charge in [-0.05, 0) is 52.4 Å². The van der Waals surface area contributed by atoms with Crippen LogP contribution in [0.2, 0.25) is 0 Å². The van der Waals surface area contributed by atoms with Gasteiger partial charge in [0.15, 0.2) is 5.96 Å². The van der Waals surface area contributed by atoms with E-state index in [-0.39, 0.29) is 11.5 Å². The van der Waals surface area contributed by atoms with Gasteiger partial charge in [-0.25, -0.2) is 4.79 Å². The third-order valence-electron chi connectivity index (χ3n) is 4.26. The van der Waals surface area contributed by atoms with Gasteiger partial charge in [0.1, 0.15) is 5.60 Å². The number of carbonyl (C=O) groups excluding carboxylic acids is 1. The first-order valence-electron chi connectivity index (χ1n) is 8.59. The summed E-state index contributed by atoms with van der Waals surface area (Å²) in [5.41, 5.74) is 5.56. The van der Waals surface area contributed by atoms with Gasteiger partial charge in [-0.15, -0.1) is 0 Å². The van der Waals surface area contributed by atoms with Crippen molar-refractivity contribution in [3.63, 3.8) is 0 Å². The van der Waals surface area contributed by atoms with E-state index >= 15 is 0 Å². The summed E-state index contributed by atoms with van der Waals surface area (Å²) < 4.78 is 5.43. The molecule has 1 rings (SSSR count). The van der Waals surface area contributed by atoms with Crippen LogP contribution in [0.3, 0.4) is 0 Å². The van der Waals surface area contributed by atoms with Crippen LogP contribution in [0.4, 0.5) is 4.79 Å². The van der Waals surface area contributed by atoms with Crippen LogP contribution in [-0.2, 0) is 4.74 Å². The first kappa shape index (κ1) is 19.6. The first-order chi connectivity index (χ1) is 10.5. The Balaban J connectivity index is 2.47. The fraction of sp³-hybridized carbons (Fsp3) is 0.882. The summed E-state index contributed by atoms with van der Waals surface area (Å²) in [6, 6.07) is 0.334. The van der Waals surface area contributed by atoms with Gasteiger partial charge in [-0.1, -0.05) is 13.8 Å². The van der Waals surface area contributed by atoms with Crippen molar-refractivity contribution >= 4 is 12.1 Å². The van der Waals surface area contributed by atoms with Gasteiger partial charge in [0.25, 0.3) is 0 Å². The van der Waals surface area contributed by atoms with Crippen LogP contribution in [0.15, 0.2) is 4.99 Å². The van der Waals surface area contributed by atoms with E-state index in [1.165, 1.54) is 0 Å². The Morgan fingerprint density at radius 1 is 1.39 bits per heavy atom. The maximum Gasteiger partial charge on any atom is 0.410 e. The second-order valence-electron chi connectivity index (χ2n) is 7.93. The Hall–Kier alpha value is -1.46. The number of likely N-dealkylation sites (tertiary alicyclic amines) is 1. The van der Waals surface area contributed by atoms with Gasteiger partial charge in [0.2, 0.25) is 0 Å². The average molecular weight is 326 g/mol. The van der Waals surface area contributed by atoms with E-state index in [0.717, 1.165) is 19.3 Å². The topological polar surface area (TPSA) is 80.0 Å². The van der Waals surface area contributed by atoms with Crippen molar-refractivity contribution in [2.75, 3.05) is 19.6 Å². The summed E-state index contributed by atoms with van der Waals surface area (Å²) in [4.78, 5) is 18.4. The molecule has 0 aromatic rings. The molecule has 0 radical (unpaired) electrons. The number of aliphatic imine (C=N–C) groups is 1. The van der Waals surface area contributed by atoms with Gasteiger partial charge in [0, 0.05) is 25.7 Å². The smallest absolute Gasteiger partial charge is 0.410 e. The number of guanidine groups is 1. The van der Waals surface area contributed by atoms with Gasteiger partial charge in [-0.3, -0.25) is 4.99 Å². The van der Waals surface area contributed by atoms with Crippen LogP contribution in [0.25, 0.3) is 0 Å². The standard InChI is InChI=1S/C17H34N4O2/c1-7-13(2)20-14(18)19-12-17(6)8-10-21(11-9-17)15(22)23-16(3,4)5/h13H,7-12H2,1-6H3,(H3,18,19,20). The highest BCUT2D eigenvalue weighted by Gasteiger charge is 2.33. The molecule has 0 bridgehead atoms. The van der Waals surface area contributed by atoms with E-state index in [0.29, 0.717) is 31.6 Å². The molecule has 1 saturated heterocycles. The molecule has 0 spiro atoms. The molecule has 0 aromatic heterocycles. The Bertz CT molecular complexity index is 421. The summed E-state index contributed by atoms with van der Waals surface area (Å²) in [5, 5.41) is 3.18. The lowest BCUT2D eigenvalue weighted by Crippen LogP contribution is -2.45. The van der Waals surface area contributed by atoms with Crippen molar-refractivity contribution in [2.24, 2.45) is 16.1 Å². The van der Waals surface area contributed by atoms with E-state index in [4.69, 9.17) is 10.5 Å². The number of piperidine rings is 1. The highest BCUT2D eigenvalue weighted by Crippen LogP contribution is 2.31. The second kappa shape index (κ2) is 7.88. The van der Waals surface area contributed by atoms with Crippen LogP contribution < -0.4 is 11.1 Å². The fourth-order valence-corrected chi connectivity index (χ4v) is 2.39. The maximum atomic E-state index is 12.1. The summed E-state index contributed by atoms with van der Waals surface area (Å²) in [6.07, 6.45) is 2.61. The molecule has 1 unspecified atom stereocenters. The van der Waals surface area contributed by atoms with E-state index < -0.39 is 5.60 Å². The van der Waals surface area contributed by atoms with Crippen molar-refractivity contribution < 1.29 is 9.53 Å². The molecule has 0 aromatic carbocycles. The van der Waals surface area contributed by atoms with Crippen molar-refractivity contribution in [3.8, 4) is 0 Å². The van der Waals surface area contributed by atoms with Gasteiger partial charge < -0.3 is 20.7 Å². The molecule has 1 atom stereocenters. The highest BCUT2D eigenvalue weighted by atomic mass is 16.6. The van der Waals surface area contributed by atoms with E-state index in [1.54, 1.807) is 4.90 Å². The van der Waals surface area contributed by atoms with Crippen molar-refractivity contribution in [1.82, 2.24) is 10.2 Å². The molecule has 1 aliphatic heterocycles. The Morgan fingerprint density at radius 2 is 1.96 bits per heavy atom. The zero-order valence-electron chi connectivity index (χ0n) is 15.6. The zero-order valence-corrected chi connectivity index (χ0v) is 15.6. The number of nitrogens with zero attached hydrogens (tertiary/aromatic N) is 2. The molecular formula is C17H34N4O2. The molecule has 0 aliphatic carbocycles. The van der Waals surface area contributed by atoms with Crippen molar-refractivity contribution in [1.29, 1.82) is 0 Å². The Kier molecular flexibility index (Phi) is 6.71. The lowest BCUT2D eigenvalue weighted by Gasteiger charge is -2.39. The summed E-state index contributed by atoms with van der Waals surface area (Å²) >= 11 is 0. The largest absolute Gasteiger partial charge is 0.444 e. The molecule has 1 heterocycles. The minimum atomic E-state index is -0.446. The summed E-state index contributed by atoms with van der Waals surface area (Å²) in [5.74, 6) is 0.509. The van der Waals surface area contributed by atoms with Gasteiger partial charge in [-0.2, -0.15) is 0 Å². The molecule has 134 valence electrons. The summed E-state index contributed by atoms with van der Waals surface area (Å²) in [6.45, 7) is 14.2. The number of nitrogens with two attached hydrogens (primary N) is 1. The molecule has 23 heavy (non-hydrogen) atoms. The molecule has 1 aliphatic rings. The molecule has 3 N–H and O–H groups in total. The quantitative estimate of drug-likeness (QED) is 0.615. The van der Waals surface area contributed by atoms with Crippen LogP contribution in [0.1, 0.15) is 60.8 Å². The Morgan fingerprint density at radius 3 is 2.43 bits per heavy atom. The maximum absolute atomic E-state index is 12.1. The van der Waals surface area contributed by atoms with Crippen LogP contribution in [0.5, 0.6) is 0 Å². The lowest BCUT2D eigenvalue weighted by atomic mass is 9.80. The second-order valence-corrected chi connectivity index (χ2v) is 7.93. The highest BCUT2D eigenvalue weighted by molar-refractivity contribution is 5.78. The van der Waals surface area contributed by atoms with E-state index in [1.807, 2.05) is 20.8 Å². The third-order valence-corrected chi connectivity index (χ3v) is 4.26. The molecule has 6 heteroatoms. The number of carbonyl (C=O) groups is 1. The lowest BCUT2D eigenvalue weighted by molar-refractivity contribution is 0.0127. The Labute approximate surface area is 140 Å². The van der Waals surface area contributed by atoms with E-state index in [9.17, 15) is 4.79 Å². The van der Waals surface area contributed by atoms with Crippen molar-refractivity contribution in [2.45, 2.75) is 72.4 Å². The first-order valence-corrected chi connectivity index (χ1v) is 8.59. The zero-order chi connectivity index (χ0) is 17.7. The number of ether oxygens (including phenoxy) is 1. The van der Waals surface area contributed by atoms with Gasteiger partial charge >= 0.3 is 6.09 Å². The summed E-state index contributed by atoms with van der Waals surface area (Å²) in [7, 11) is 0.